The van der Waals surface area contributed by atoms with E-state index >= 15 is 0 Å². The largest absolute Gasteiger partial charge is 0.277 e. The van der Waals surface area contributed by atoms with Crippen molar-refractivity contribution in [1.29, 1.82) is 0 Å². The first-order valence-corrected chi connectivity index (χ1v) is 5.59. The molecule has 2 heterocycles. The van der Waals surface area contributed by atoms with Crippen LogP contribution in [0, 0.1) is 0 Å². The third kappa shape index (κ3) is 1.09. The van der Waals surface area contributed by atoms with Gasteiger partial charge in [0.05, 0.1) is 11.0 Å². The number of carbonyl (C=O) groups is 1. The van der Waals surface area contributed by atoms with Crippen molar-refractivity contribution in [2.45, 2.75) is 0 Å². The number of aliphatic imine (C=N–C) groups is 2. The summed E-state index contributed by atoms with van der Waals surface area (Å²) in [4.78, 5) is 24.0. The zero-order valence-electron chi connectivity index (χ0n) is 9.29. The molecule has 84 valence electrons. The Hall–Kier alpha value is -2.62. The van der Waals surface area contributed by atoms with Gasteiger partial charge >= 0.3 is 0 Å². The Morgan fingerprint density at radius 3 is 2.83 bits per heavy atom. The lowest BCUT2D eigenvalue weighted by molar-refractivity contribution is 0.100. The lowest BCUT2D eigenvalue weighted by Crippen LogP contribution is -2.19. The minimum Gasteiger partial charge on any atom is -0.267 e. The van der Waals surface area contributed by atoms with Crippen molar-refractivity contribution in [3.05, 3.63) is 40.4 Å². The van der Waals surface area contributed by atoms with Crippen molar-refractivity contribution in [3.8, 4) is 0 Å². The van der Waals surface area contributed by atoms with Crippen LogP contribution in [0.25, 0.3) is 16.8 Å². The molecule has 1 amide bonds. The van der Waals surface area contributed by atoms with Crippen LogP contribution in [0.3, 0.4) is 0 Å². The lowest BCUT2D eigenvalue weighted by Gasteiger charge is -2.07. The molecule has 0 aliphatic carbocycles. The Morgan fingerprint density at radius 1 is 1.00 bits per heavy atom. The molecule has 2 aliphatic heterocycles. The van der Waals surface area contributed by atoms with E-state index in [-0.39, 0.29) is 5.91 Å². The molecule has 0 spiro atoms. The normalized spacial score (nSPS) is 15.2. The van der Waals surface area contributed by atoms with Gasteiger partial charge in [-0.05, 0) is 28.8 Å². The first kappa shape index (κ1) is 9.41. The van der Waals surface area contributed by atoms with Crippen LogP contribution in [0.2, 0.25) is 0 Å². The molecular weight excluding hydrogens is 226 g/mol. The van der Waals surface area contributed by atoms with Gasteiger partial charge in [0.2, 0.25) is 0 Å². The minimum absolute atomic E-state index is 0.203. The van der Waals surface area contributed by atoms with E-state index in [2.05, 4.69) is 15.0 Å². The second-order valence-electron chi connectivity index (χ2n) is 4.18. The summed E-state index contributed by atoms with van der Waals surface area (Å²) in [5.41, 5.74) is 1.46. The van der Waals surface area contributed by atoms with Gasteiger partial charge in [-0.2, -0.15) is 0 Å². The van der Waals surface area contributed by atoms with Gasteiger partial charge in [-0.15, -0.1) is 0 Å². The highest BCUT2D eigenvalue weighted by molar-refractivity contribution is 6.13. The van der Waals surface area contributed by atoms with Crippen LogP contribution in [0.15, 0.2) is 39.2 Å². The number of fused-ring (bicyclic) bond motifs is 5. The summed E-state index contributed by atoms with van der Waals surface area (Å²) in [5, 5.41) is 3.76. The Labute approximate surface area is 102 Å². The maximum Gasteiger partial charge on any atom is 0.277 e. The number of hydrogen-bond donors (Lipinski definition) is 0. The number of rotatable bonds is 0. The van der Waals surface area contributed by atoms with Crippen LogP contribution in [0.1, 0.15) is 10.4 Å². The molecule has 4 nitrogen and oxygen atoms in total. The molecule has 0 aromatic heterocycles. The molecule has 18 heavy (non-hydrogen) atoms. The molecule has 0 atom stereocenters. The van der Waals surface area contributed by atoms with E-state index in [4.69, 9.17) is 0 Å². The highest BCUT2D eigenvalue weighted by Crippen LogP contribution is 2.22. The minimum atomic E-state index is -0.203. The molecule has 0 radical (unpaired) electrons. The first-order chi connectivity index (χ1) is 8.84. The molecule has 4 heteroatoms. The van der Waals surface area contributed by atoms with Crippen LogP contribution in [0.4, 0.5) is 5.69 Å². The number of nitrogens with zero attached hydrogens (tertiary/aromatic N) is 3. The fourth-order valence-corrected chi connectivity index (χ4v) is 2.41. The topological polar surface area (TPSA) is 54.1 Å². The third-order valence-corrected chi connectivity index (χ3v) is 3.22. The lowest BCUT2D eigenvalue weighted by atomic mass is 10.00. The second kappa shape index (κ2) is 3.20. The first-order valence-electron chi connectivity index (χ1n) is 5.59. The number of carbonyl (C=O) groups excluding carboxylic acids is 1. The molecule has 0 bridgehead atoms. The predicted octanol–water partition coefficient (Wildman–Crippen LogP) is 1.14. The summed E-state index contributed by atoms with van der Waals surface area (Å²) in [6.45, 7) is 0. The summed E-state index contributed by atoms with van der Waals surface area (Å²) >= 11 is 0. The van der Waals surface area contributed by atoms with E-state index in [0.717, 1.165) is 27.0 Å². The molecule has 0 fully saturated rings. The summed E-state index contributed by atoms with van der Waals surface area (Å²) < 4.78 is 0. The number of benzene rings is 2. The van der Waals surface area contributed by atoms with Crippen molar-refractivity contribution in [1.82, 2.24) is 0 Å². The van der Waals surface area contributed by atoms with Crippen molar-refractivity contribution < 1.29 is 4.79 Å². The van der Waals surface area contributed by atoms with Crippen molar-refractivity contribution in [3.63, 3.8) is 0 Å². The van der Waals surface area contributed by atoms with Gasteiger partial charge in [-0.3, -0.25) is 4.79 Å². The fourth-order valence-electron chi connectivity index (χ4n) is 2.41. The van der Waals surface area contributed by atoms with E-state index in [9.17, 15) is 4.79 Å². The highest BCUT2D eigenvalue weighted by Gasteiger charge is 2.14. The van der Waals surface area contributed by atoms with Gasteiger partial charge in [0, 0.05) is 17.2 Å². The fraction of sp³-hybridized carbons (Fsp3) is 0. The molecule has 0 N–H and O–H groups in total. The van der Waals surface area contributed by atoms with Crippen LogP contribution in [-0.4, -0.2) is 18.5 Å². The molecule has 0 saturated heterocycles. The van der Waals surface area contributed by atoms with Crippen LogP contribution in [-0.2, 0) is 0 Å². The maximum absolute atomic E-state index is 11.7. The summed E-state index contributed by atoms with van der Waals surface area (Å²) in [6.07, 6.45) is 4.94. The van der Waals surface area contributed by atoms with E-state index < -0.39 is 0 Å². The maximum atomic E-state index is 11.7. The van der Waals surface area contributed by atoms with Crippen LogP contribution < -0.4 is 10.6 Å². The standard InChI is InChI=1S/C14H7N3O/c18-14-10-3-1-8-2-4-11-13(17-7-16-11)12(8)9(10)5-6-15-14/h1-7H. The SMILES string of the molecule is O=C1N=CC=c2c1ccc1ccc3c(c21)N=CN=3. The predicted molar refractivity (Wildman–Crippen MR) is 70.2 cm³/mol. The number of hydrogen-bond acceptors (Lipinski definition) is 3. The average molecular weight is 233 g/mol. The summed E-state index contributed by atoms with van der Waals surface area (Å²) in [5.74, 6) is -0.203. The second-order valence-corrected chi connectivity index (χ2v) is 4.18. The highest BCUT2D eigenvalue weighted by atomic mass is 16.1. The van der Waals surface area contributed by atoms with Crippen molar-refractivity contribution in [2.24, 2.45) is 15.0 Å². The van der Waals surface area contributed by atoms with Crippen molar-refractivity contribution in [2.75, 3.05) is 0 Å². The Bertz CT molecular complexity index is 891. The van der Waals surface area contributed by atoms with E-state index in [0.29, 0.717) is 5.56 Å². The smallest absolute Gasteiger partial charge is 0.267 e. The van der Waals surface area contributed by atoms with Gasteiger partial charge in [0.1, 0.15) is 6.34 Å². The van der Waals surface area contributed by atoms with Crippen molar-refractivity contribution >= 4 is 41.0 Å². The quantitative estimate of drug-likeness (QED) is 0.673. The Morgan fingerprint density at radius 2 is 1.89 bits per heavy atom. The molecule has 0 unspecified atom stereocenters. The average Bonchev–Trinajstić information content (AvgIpc) is 2.86. The van der Waals surface area contributed by atoms with Crippen LogP contribution >= 0.6 is 0 Å². The molecule has 4 rings (SSSR count). The van der Waals surface area contributed by atoms with E-state index in [1.54, 1.807) is 12.6 Å². The van der Waals surface area contributed by atoms with Gasteiger partial charge in [0.15, 0.2) is 0 Å². The van der Waals surface area contributed by atoms with Gasteiger partial charge in [-0.25, -0.2) is 15.0 Å². The molecule has 2 aromatic carbocycles. The monoisotopic (exact) mass is 233 g/mol. The number of amides is 1. The van der Waals surface area contributed by atoms with Gasteiger partial charge < -0.3 is 0 Å². The molecular formula is C14H7N3O. The van der Waals surface area contributed by atoms with E-state index in [1.165, 1.54) is 0 Å². The zero-order valence-corrected chi connectivity index (χ0v) is 9.29. The molecule has 0 saturated carbocycles. The summed E-state index contributed by atoms with van der Waals surface area (Å²) in [7, 11) is 0. The molecule has 2 aliphatic rings. The zero-order chi connectivity index (χ0) is 12.1. The van der Waals surface area contributed by atoms with Crippen LogP contribution in [0.5, 0.6) is 0 Å². The summed E-state index contributed by atoms with van der Waals surface area (Å²) in [6, 6.07) is 7.68. The van der Waals surface area contributed by atoms with E-state index in [1.807, 2.05) is 30.3 Å². The Balaban J connectivity index is 2.33. The van der Waals surface area contributed by atoms with Gasteiger partial charge in [-0.1, -0.05) is 12.1 Å². The van der Waals surface area contributed by atoms with Gasteiger partial charge in [0.25, 0.3) is 5.91 Å². The molecule has 2 aromatic rings. The Kier molecular flexibility index (Phi) is 1.67. The third-order valence-electron chi connectivity index (χ3n) is 3.22.